The number of hydrogen-bond acceptors (Lipinski definition) is 3. The van der Waals surface area contributed by atoms with Gasteiger partial charge in [0.15, 0.2) is 0 Å². The first-order valence-electron chi connectivity index (χ1n) is 3.65. The second-order valence-corrected chi connectivity index (χ2v) is 4.47. The Kier molecular flexibility index (Phi) is 5.92. The van der Waals surface area contributed by atoms with E-state index in [1.807, 2.05) is 0 Å². The molecule has 0 radical (unpaired) electrons. The molecule has 0 saturated heterocycles. The average Bonchev–Trinajstić information content (AvgIpc) is 2.00. The third kappa shape index (κ3) is 5.26. The zero-order valence-electron chi connectivity index (χ0n) is 7.28. The van der Waals surface area contributed by atoms with Gasteiger partial charge in [-0.25, -0.2) is 0 Å². The van der Waals surface area contributed by atoms with Gasteiger partial charge in [0, 0.05) is 23.7 Å². The molecule has 72 valence electrons. The highest BCUT2D eigenvalue weighted by Crippen LogP contribution is 1.98. The summed E-state index contributed by atoms with van der Waals surface area (Å²) >= 11 is 0. The molecule has 12 heavy (non-hydrogen) atoms. The van der Waals surface area contributed by atoms with Crippen LogP contribution in [0.15, 0.2) is 0 Å². The molecule has 2 atom stereocenters. The van der Waals surface area contributed by atoms with Crippen molar-refractivity contribution in [3.05, 3.63) is 0 Å². The van der Waals surface area contributed by atoms with Gasteiger partial charge in [0.05, 0.1) is 18.3 Å². The van der Waals surface area contributed by atoms with Crippen LogP contribution in [0.25, 0.3) is 0 Å². The monoisotopic (exact) mass is 194 g/mol. The van der Waals surface area contributed by atoms with Crippen LogP contribution in [0, 0.1) is 0 Å². The van der Waals surface area contributed by atoms with Crippen molar-refractivity contribution >= 4 is 16.8 Å². The Morgan fingerprint density at radius 2 is 2.25 bits per heavy atom. The van der Waals surface area contributed by atoms with Crippen LogP contribution in [0.3, 0.4) is 0 Å². The Bertz CT molecular complexity index is 169. The Balaban J connectivity index is 3.64. The lowest BCUT2D eigenvalue weighted by Gasteiger charge is -2.08. The number of aliphatic carboxylic acids is 1. The van der Waals surface area contributed by atoms with Crippen molar-refractivity contribution in [1.29, 1.82) is 0 Å². The van der Waals surface area contributed by atoms with Crippen LogP contribution in [0.5, 0.6) is 0 Å². The van der Waals surface area contributed by atoms with Crippen LogP contribution in [0.1, 0.15) is 13.3 Å². The van der Waals surface area contributed by atoms with E-state index in [0.717, 1.165) is 0 Å². The number of methoxy groups -OCH3 is 1. The van der Waals surface area contributed by atoms with Crippen molar-refractivity contribution in [2.75, 3.05) is 19.5 Å². The van der Waals surface area contributed by atoms with Crippen LogP contribution in [0.2, 0.25) is 0 Å². The van der Waals surface area contributed by atoms with E-state index in [2.05, 4.69) is 0 Å². The van der Waals surface area contributed by atoms with E-state index in [9.17, 15) is 9.00 Å². The van der Waals surface area contributed by atoms with Crippen LogP contribution >= 0.6 is 0 Å². The molecule has 0 aliphatic heterocycles. The van der Waals surface area contributed by atoms with Gasteiger partial charge in [-0.05, 0) is 6.92 Å². The third-order valence-electron chi connectivity index (χ3n) is 1.37. The molecule has 5 heteroatoms. The van der Waals surface area contributed by atoms with Crippen LogP contribution in [0.4, 0.5) is 0 Å². The molecular formula is C7H14O4S. The first-order valence-corrected chi connectivity index (χ1v) is 5.04. The lowest BCUT2D eigenvalue weighted by molar-refractivity contribution is -0.136. The highest BCUT2D eigenvalue weighted by molar-refractivity contribution is 7.85. The Morgan fingerprint density at radius 3 is 2.67 bits per heavy atom. The van der Waals surface area contributed by atoms with E-state index in [1.54, 1.807) is 6.92 Å². The van der Waals surface area contributed by atoms with Gasteiger partial charge in [-0.3, -0.25) is 9.00 Å². The molecule has 0 aromatic rings. The van der Waals surface area contributed by atoms with Gasteiger partial charge in [0.1, 0.15) is 0 Å². The van der Waals surface area contributed by atoms with Gasteiger partial charge in [-0.2, -0.15) is 0 Å². The van der Waals surface area contributed by atoms with Crippen molar-refractivity contribution in [3.63, 3.8) is 0 Å². The minimum atomic E-state index is -1.09. The van der Waals surface area contributed by atoms with E-state index < -0.39 is 16.8 Å². The van der Waals surface area contributed by atoms with Gasteiger partial charge in [0.2, 0.25) is 0 Å². The highest BCUT2D eigenvalue weighted by atomic mass is 32.2. The summed E-state index contributed by atoms with van der Waals surface area (Å²) in [5.74, 6) is -0.701. The maximum Gasteiger partial charge on any atom is 0.304 e. The fourth-order valence-corrected chi connectivity index (χ4v) is 1.77. The molecule has 0 aliphatic carbocycles. The Labute approximate surface area is 74.4 Å². The molecule has 0 aliphatic rings. The third-order valence-corrected chi connectivity index (χ3v) is 3.01. The van der Waals surface area contributed by atoms with Gasteiger partial charge in [0.25, 0.3) is 0 Å². The first kappa shape index (κ1) is 11.6. The van der Waals surface area contributed by atoms with E-state index in [-0.39, 0.29) is 17.4 Å². The van der Waals surface area contributed by atoms with Crippen LogP contribution in [-0.2, 0) is 20.3 Å². The molecule has 0 spiro atoms. The highest BCUT2D eigenvalue weighted by Gasteiger charge is 2.11. The van der Waals surface area contributed by atoms with E-state index in [4.69, 9.17) is 9.84 Å². The lowest BCUT2D eigenvalue weighted by Crippen LogP contribution is -2.20. The molecule has 2 unspecified atom stereocenters. The van der Waals surface area contributed by atoms with Gasteiger partial charge >= 0.3 is 5.97 Å². The van der Waals surface area contributed by atoms with Crippen LogP contribution in [-0.4, -0.2) is 40.0 Å². The minimum absolute atomic E-state index is 0.0410. The molecule has 0 aromatic heterocycles. The zero-order valence-corrected chi connectivity index (χ0v) is 8.10. The molecule has 0 amide bonds. The molecular weight excluding hydrogens is 180 g/mol. The van der Waals surface area contributed by atoms with Crippen molar-refractivity contribution in [2.24, 2.45) is 0 Å². The largest absolute Gasteiger partial charge is 0.481 e. The second-order valence-electron chi connectivity index (χ2n) is 2.49. The number of ether oxygens (including phenoxy) is 1. The zero-order chi connectivity index (χ0) is 9.56. The summed E-state index contributed by atoms with van der Waals surface area (Å²) in [7, 11) is 0.442. The molecule has 1 N–H and O–H groups in total. The van der Waals surface area contributed by atoms with Gasteiger partial charge in [-0.1, -0.05) is 0 Å². The van der Waals surface area contributed by atoms with Crippen molar-refractivity contribution < 1.29 is 18.8 Å². The molecule has 0 saturated carbocycles. The summed E-state index contributed by atoms with van der Waals surface area (Å²) < 4.78 is 16.0. The summed E-state index contributed by atoms with van der Waals surface area (Å²) in [5, 5.41) is 8.22. The van der Waals surface area contributed by atoms with E-state index >= 15 is 0 Å². The van der Waals surface area contributed by atoms with E-state index in [1.165, 1.54) is 7.11 Å². The maximum atomic E-state index is 11.2. The fraction of sp³-hybridized carbons (Fsp3) is 0.857. The summed E-state index contributed by atoms with van der Waals surface area (Å²) in [6.07, 6.45) is -0.0410. The van der Waals surface area contributed by atoms with Crippen LogP contribution < -0.4 is 0 Å². The molecule has 0 rings (SSSR count). The smallest absolute Gasteiger partial charge is 0.304 e. The standard InChI is InChI=1S/C7H14O4S/c1-6(5-11-2)12(10)4-3-7(8)9/h6H,3-5H2,1-2H3,(H,8,9). The second kappa shape index (κ2) is 6.14. The topological polar surface area (TPSA) is 63.6 Å². The Hall–Kier alpha value is -0.420. The molecule has 0 aromatic carbocycles. The predicted octanol–water partition coefficient (Wildman–Crippen LogP) is 0.245. The number of carbonyl (C=O) groups is 1. The van der Waals surface area contributed by atoms with Crippen molar-refractivity contribution in [1.82, 2.24) is 0 Å². The number of hydrogen-bond donors (Lipinski definition) is 1. The maximum absolute atomic E-state index is 11.2. The normalized spacial score (nSPS) is 15.5. The number of carboxylic acid groups (broad SMARTS) is 1. The first-order chi connectivity index (χ1) is 5.57. The van der Waals surface area contributed by atoms with E-state index in [0.29, 0.717) is 6.61 Å². The van der Waals surface area contributed by atoms with Gasteiger partial charge < -0.3 is 9.84 Å². The summed E-state index contributed by atoms with van der Waals surface area (Å²) in [5.41, 5.74) is 0. The summed E-state index contributed by atoms with van der Waals surface area (Å²) in [6, 6.07) is 0. The fourth-order valence-electron chi connectivity index (χ4n) is 0.700. The summed E-state index contributed by atoms with van der Waals surface area (Å²) in [4.78, 5) is 10.1. The molecule has 0 bridgehead atoms. The Morgan fingerprint density at radius 1 is 1.67 bits per heavy atom. The van der Waals surface area contributed by atoms with Gasteiger partial charge in [-0.15, -0.1) is 0 Å². The quantitative estimate of drug-likeness (QED) is 0.658. The average molecular weight is 194 g/mol. The van der Waals surface area contributed by atoms with Crippen molar-refractivity contribution in [2.45, 2.75) is 18.6 Å². The molecule has 0 fully saturated rings. The van der Waals surface area contributed by atoms with Crippen molar-refractivity contribution in [3.8, 4) is 0 Å². The minimum Gasteiger partial charge on any atom is -0.481 e. The number of rotatable bonds is 6. The molecule has 0 heterocycles. The predicted molar refractivity (Wildman–Crippen MR) is 46.6 cm³/mol. The number of carboxylic acids is 1. The SMILES string of the molecule is COCC(C)S(=O)CCC(=O)O. The summed E-state index contributed by atoms with van der Waals surface area (Å²) in [6.45, 7) is 2.19. The molecule has 4 nitrogen and oxygen atoms in total. The lowest BCUT2D eigenvalue weighted by atomic mass is 10.5.